The van der Waals surface area contributed by atoms with Gasteiger partial charge in [-0.1, -0.05) is 6.07 Å². The molecule has 2 aromatic heterocycles. The smallest absolute Gasteiger partial charge is 0.272 e. The van der Waals surface area contributed by atoms with E-state index in [1.54, 1.807) is 6.07 Å². The number of nitrogens with zero attached hydrogens (tertiary/aromatic N) is 2. The van der Waals surface area contributed by atoms with Crippen LogP contribution in [0, 0.1) is 6.92 Å². The third kappa shape index (κ3) is 3.81. The van der Waals surface area contributed by atoms with Gasteiger partial charge in [0.1, 0.15) is 5.69 Å². The third-order valence-electron chi connectivity index (χ3n) is 4.61. The largest absolute Gasteiger partial charge is 0.369 e. The predicted octanol–water partition coefficient (Wildman–Crippen LogP) is 3.21. The van der Waals surface area contributed by atoms with E-state index >= 15 is 0 Å². The summed E-state index contributed by atoms with van der Waals surface area (Å²) >= 11 is 0. The highest BCUT2D eigenvalue weighted by Gasteiger charge is 2.11. The fourth-order valence-corrected chi connectivity index (χ4v) is 3.22. The molecule has 8 nitrogen and oxygen atoms in total. The molecule has 0 bridgehead atoms. The summed E-state index contributed by atoms with van der Waals surface area (Å²) < 4.78 is 0. The highest BCUT2D eigenvalue weighted by Crippen LogP contribution is 2.22. The second kappa shape index (κ2) is 7.16. The van der Waals surface area contributed by atoms with Crippen molar-refractivity contribution >= 4 is 45.1 Å². The van der Waals surface area contributed by atoms with E-state index in [1.165, 1.54) is 0 Å². The van der Waals surface area contributed by atoms with E-state index in [2.05, 4.69) is 25.5 Å². The van der Waals surface area contributed by atoms with Gasteiger partial charge < -0.3 is 26.8 Å². The van der Waals surface area contributed by atoms with Gasteiger partial charge in [-0.15, -0.1) is 5.10 Å². The van der Waals surface area contributed by atoms with Crippen LogP contribution in [-0.4, -0.2) is 27.5 Å². The molecule has 0 aliphatic heterocycles. The number of aromatic nitrogens is 2. The highest BCUT2D eigenvalue weighted by atomic mass is 16.1. The molecule has 29 heavy (non-hydrogen) atoms. The first-order valence-electron chi connectivity index (χ1n) is 9.06. The number of carbonyl (C=O) groups is 1. The molecular formula is C21H21N7O. The normalized spacial score (nSPS) is 11.7. The Labute approximate surface area is 166 Å². The summed E-state index contributed by atoms with van der Waals surface area (Å²) in [6.45, 7) is 3.81. The lowest BCUT2D eigenvalue weighted by Crippen LogP contribution is -2.22. The predicted molar refractivity (Wildman–Crippen MR) is 117 cm³/mol. The molecule has 1 amide bonds. The summed E-state index contributed by atoms with van der Waals surface area (Å²) in [7, 11) is 0. The maximum absolute atomic E-state index is 12.7. The van der Waals surface area contributed by atoms with Crippen molar-refractivity contribution in [1.29, 1.82) is 0 Å². The van der Waals surface area contributed by atoms with Crippen molar-refractivity contribution < 1.29 is 4.79 Å². The average Bonchev–Trinajstić information content (AvgIpc) is 3.27. The zero-order chi connectivity index (χ0) is 20.5. The van der Waals surface area contributed by atoms with E-state index in [1.807, 2.05) is 56.3 Å². The lowest BCUT2D eigenvalue weighted by atomic mass is 10.1. The van der Waals surface area contributed by atoms with Crippen molar-refractivity contribution in [2.75, 3.05) is 5.32 Å². The first-order chi connectivity index (χ1) is 13.9. The standard InChI is InChI=1S/C21H21N7O/c1-11-7-14-9-16(4-6-17(14)24-11)25-20(29)19-10-15-8-13(3-5-18(15)26-19)12(2)27-28-21(22)23/h3-10,24,26H,1-2H3,(H,25,29)(H4,22,23,28)/b27-12+. The summed E-state index contributed by atoms with van der Waals surface area (Å²) in [5, 5.41) is 12.5. The van der Waals surface area contributed by atoms with Gasteiger partial charge in [-0.25, -0.2) is 0 Å². The van der Waals surface area contributed by atoms with Crippen LogP contribution < -0.4 is 16.8 Å². The molecule has 0 unspecified atom stereocenters. The Kier molecular flexibility index (Phi) is 4.52. The Hall–Kier alpha value is -4.07. The van der Waals surface area contributed by atoms with Gasteiger partial charge in [0.15, 0.2) is 0 Å². The van der Waals surface area contributed by atoms with Gasteiger partial charge in [0, 0.05) is 33.2 Å². The van der Waals surface area contributed by atoms with Crippen LogP contribution in [-0.2, 0) is 0 Å². The molecule has 8 heteroatoms. The number of nitrogens with one attached hydrogen (secondary N) is 3. The Morgan fingerprint density at radius 3 is 2.45 bits per heavy atom. The topological polar surface area (TPSA) is 137 Å². The third-order valence-corrected chi connectivity index (χ3v) is 4.61. The molecule has 0 aliphatic rings. The number of aromatic amines is 2. The number of nitrogens with two attached hydrogens (primary N) is 2. The van der Waals surface area contributed by atoms with Crippen molar-refractivity contribution in [3.8, 4) is 0 Å². The summed E-state index contributed by atoms with van der Waals surface area (Å²) in [6.07, 6.45) is 0. The van der Waals surface area contributed by atoms with Crippen LogP contribution in [0.3, 0.4) is 0 Å². The molecule has 0 atom stereocenters. The number of guanidine groups is 1. The molecule has 7 N–H and O–H groups in total. The Balaban J connectivity index is 1.58. The van der Waals surface area contributed by atoms with Crippen LogP contribution in [0.1, 0.15) is 28.7 Å². The van der Waals surface area contributed by atoms with Crippen molar-refractivity contribution in [1.82, 2.24) is 9.97 Å². The number of H-pyrrole nitrogens is 2. The minimum absolute atomic E-state index is 0.0981. The van der Waals surface area contributed by atoms with E-state index in [-0.39, 0.29) is 11.9 Å². The van der Waals surface area contributed by atoms with E-state index in [9.17, 15) is 4.79 Å². The second-order valence-corrected chi connectivity index (χ2v) is 6.90. The number of aryl methyl sites for hydroxylation is 1. The quantitative estimate of drug-likeness (QED) is 0.209. The molecule has 2 aromatic carbocycles. The van der Waals surface area contributed by atoms with Crippen LogP contribution in [0.15, 0.2) is 58.7 Å². The van der Waals surface area contributed by atoms with Gasteiger partial charge in [0.05, 0.1) is 5.71 Å². The molecule has 2 heterocycles. The van der Waals surface area contributed by atoms with Gasteiger partial charge in [-0.3, -0.25) is 4.79 Å². The van der Waals surface area contributed by atoms with Crippen LogP contribution in [0.25, 0.3) is 21.8 Å². The lowest BCUT2D eigenvalue weighted by molar-refractivity contribution is 0.102. The first-order valence-corrected chi connectivity index (χ1v) is 9.06. The van der Waals surface area contributed by atoms with Gasteiger partial charge in [0.25, 0.3) is 5.91 Å². The minimum Gasteiger partial charge on any atom is -0.369 e. The lowest BCUT2D eigenvalue weighted by Gasteiger charge is -2.03. The molecule has 0 aliphatic carbocycles. The van der Waals surface area contributed by atoms with E-state index < -0.39 is 0 Å². The molecule has 0 fully saturated rings. The summed E-state index contributed by atoms with van der Waals surface area (Å²) in [5.74, 6) is -0.306. The summed E-state index contributed by atoms with van der Waals surface area (Å²) in [6, 6.07) is 15.3. The van der Waals surface area contributed by atoms with Crippen molar-refractivity contribution in [2.24, 2.45) is 21.7 Å². The number of anilines is 1. The SMILES string of the molecule is C/C(=N\N=C(N)N)c1ccc2[nH]c(C(=O)Nc3ccc4[nH]c(C)cc4c3)cc2c1. The van der Waals surface area contributed by atoms with E-state index in [4.69, 9.17) is 11.5 Å². The fraction of sp³-hybridized carbons (Fsp3) is 0.0952. The first kappa shape index (κ1) is 18.3. The number of hydrogen-bond acceptors (Lipinski definition) is 3. The number of fused-ring (bicyclic) bond motifs is 2. The average molecular weight is 387 g/mol. The number of amides is 1. The Bertz CT molecular complexity index is 1290. The Morgan fingerprint density at radius 2 is 1.66 bits per heavy atom. The summed E-state index contributed by atoms with van der Waals surface area (Å²) in [5.41, 5.74) is 16.3. The van der Waals surface area contributed by atoms with Gasteiger partial charge >= 0.3 is 0 Å². The monoisotopic (exact) mass is 387 g/mol. The van der Waals surface area contributed by atoms with Crippen LogP contribution >= 0.6 is 0 Å². The Morgan fingerprint density at radius 1 is 0.931 bits per heavy atom. The number of rotatable bonds is 4. The molecule has 0 spiro atoms. The molecule has 146 valence electrons. The molecular weight excluding hydrogens is 366 g/mol. The van der Waals surface area contributed by atoms with Gasteiger partial charge in [0.2, 0.25) is 5.96 Å². The van der Waals surface area contributed by atoms with Crippen LogP contribution in [0.2, 0.25) is 0 Å². The molecule has 4 rings (SSSR count). The van der Waals surface area contributed by atoms with Gasteiger partial charge in [-0.05, 0) is 61.9 Å². The maximum Gasteiger partial charge on any atom is 0.272 e. The molecule has 0 radical (unpaired) electrons. The molecule has 4 aromatic rings. The van der Waals surface area contributed by atoms with Crippen LogP contribution in [0.4, 0.5) is 5.69 Å². The van der Waals surface area contributed by atoms with Gasteiger partial charge in [-0.2, -0.15) is 5.10 Å². The number of hydrogen-bond donors (Lipinski definition) is 5. The maximum atomic E-state index is 12.7. The number of carbonyl (C=O) groups excluding carboxylic acids is 1. The summed E-state index contributed by atoms with van der Waals surface area (Å²) in [4.78, 5) is 19.1. The van der Waals surface area contributed by atoms with E-state index in [0.717, 1.165) is 38.8 Å². The van der Waals surface area contributed by atoms with Crippen molar-refractivity contribution in [3.63, 3.8) is 0 Å². The zero-order valence-electron chi connectivity index (χ0n) is 16.1. The van der Waals surface area contributed by atoms with Crippen molar-refractivity contribution in [3.05, 3.63) is 65.5 Å². The zero-order valence-corrected chi connectivity index (χ0v) is 16.1. The van der Waals surface area contributed by atoms with Crippen molar-refractivity contribution in [2.45, 2.75) is 13.8 Å². The number of benzene rings is 2. The second-order valence-electron chi connectivity index (χ2n) is 6.90. The fourth-order valence-electron chi connectivity index (χ4n) is 3.22. The van der Waals surface area contributed by atoms with Crippen LogP contribution in [0.5, 0.6) is 0 Å². The minimum atomic E-state index is -0.208. The molecule has 0 saturated heterocycles. The highest BCUT2D eigenvalue weighted by molar-refractivity contribution is 6.08. The molecule has 0 saturated carbocycles. The van der Waals surface area contributed by atoms with E-state index in [0.29, 0.717) is 11.4 Å².